The Morgan fingerprint density at radius 3 is 2.52 bits per heavy atom. The highest BCUT2D eigenvalue weighted by atomic mass is 16.5. The van der Waals surface area contributed by atoms with Gasteiger partial charge < -0.3 is 18.9 Å². The third kappa shape index (κ3) is 4.36. The average molecular weight is 321 g/mol. The molecule has 0 heterocycles. The molecule has 0 amide bonds. The van der Waals surface area contributed by atoms with E-state index in [-0.39, 0.29) is 29.4 Å². The summed E-state index contributed by atoms with van der Waals surface area (Å²) in [5.74, 6) is -0.999. The van der Waals surface area contributed by atoms with Gasteiger partial charge in [0, 0.05) is 12.3 Å². The largest absolute Gasteiger partial charge is 0.500 e. The van der Waals surface area contributed by atoms with Gasteiger partial charge in [-0.2, -0.15) is 5.26 Å². The van der Waals surface area contributed by atoms with Gasteiger partial charge in [-0.3, -0.25) is 0 Å². The van der Waals surface area contributed by atoms with Crippen molar-refractivity contribution in [2.45, 2.75) is 13.3 Å². The number of allylic oxidation sites excluding steroid dienone is 3. The first kappa shape index (κ1) is 18.3. The molecule has 7 nitrogen and oxygen atoms in total. The standard InChI is InChI=1S/C16H19NO6/c1-5-23-15(18)11(9-17)6-10-7-12(20-2)14(16(19)22-4)13(8-10)21-3/h6-7,10H,5,8H2,1-4H3. The predicted molar refractivity (Wildman–Crippen MR) is 79.6 cm³/mol. The second kappa shape index (κ2) is 8.63. The summed E-state index contributed by atoms with van der Waals surface area (Å²) >= 11 is 0. The number of esters is 2. The van der Waals surface area contributed by atoms with Crippen molar-refractivity contribution >= 4 is 11.9 Å². The molecule has 0 spiro atoms. The molecule has 1 unspecified atom stereocenters. The Hall–Kier alpha value is -2.75. The summed E-state index contributed by atoms with van der Waals surface area (Å²) in [6.07, 6.45) is 3.38. The van der Waals surface area contributed by atoms with E-state index in [4.69, 9.17) is 24.2 Å². The van der Waals surface area contributed by atoms with Crippen molar-refractivity contribution in [3.8, 4) is 6.07 Å². The van der Waals surface area contributed by atoms with Crippen LogP contribution < -0.4 is 0 Å². The Morgan fingerprint density at radius 2 is 2.04 bits per heavy atom. The van der Waals surface area contributed by atoms with Crippen LogP contribution in [0, 0.1) is 17.2 Å². The molecule has 0 aromatic rings. The third-order valence-electron chi connectivity index (χ3n) is 3.16. The zero-order valence-electron chi connectivity index (χ0n) is 13.5. The summed E-state index contributed by atoms with van der Waals surface area (Å²) < 4.78 is 20.0. The predicted octanol–water partition coefficient (Wildman–Crippen LogP) is 1.62. The van der Waals surface area contributed by atoms with E-state index in [0.29, 0.717) is 12.2 Å². The van der Waals surface area contributed by atoms with Crippen molar-refractivity contribution in [1.29, 1.82) is 5.26 Å². The van der Waals surface area contributed by atoms with Crippen LogP contribution in [0.15, 0.2) is 34.8 Å². The Bertz CT molecular complexity index is 609. The van der Waals surface area contributed by atoms with Gasteiger partial charge in [-0.1, -0.05) is 6.08 Å². The van der Waals surface area contributed by atoms with Crippen LogP contribution in [0.2, 0.25) is 0 Å². The van der Waals surface area contributed by atoms with Crippen molar-refractivity contribution in [2.75, 3.05) is 27.9 Å². The lowest BCUT2D eigenvalue weighted by molar-refractivity contribution is -0.138. The van der Waals surface area contributed by atoms with Crippen molar-refractivity contribution in [3.05, 3.63) is 34.8 Å². The van der Waals surface area contributed by atoms with Crippen LogP contribution in [0.5, 0.6) is 0 Å². The third-order valence-corrected chi connectivity index (χ3v) is 3.16. The summed E-state index contributed by atoms with van der Waals surface area (Å²) in [7, 11) is 4.09. The minimum atomic E-state index is -0.691. The minimum absolute atomic E-state index is 0.111. The highest BCUT2D eigenvalue weighted by Crippen LogP contribution is 2.32. The Balaban J connectivity index is 3.18. The first-order valence-electron chi connectivity index (χ1n) is 6.92. The molecule has 0 aliphatic heterocycles. The molecular formula is C16H19NO6. The molecule has 23 heavy (non-hydrogen) atoms. The van der Waals surface area contributed by atoms with E-state index in [0.717, 1.165) is 0 Å². The second-order valence-corrected chi connectivity index (χ2v) is 4.51. The molecule has 0 N–H and O–H groups in total. The number of hydrogen-bond donors (Lipinski definition) is 0. The fraction of sp³-hybridized carbons (Fsp3) is 0.438. The highest BCUT2D eigenvalue weighted by molar-refractivity contribution is 5.94. The number of nitriles is 1. The van der Waals surface area contributed by atoms with E-state index < -0.39 is 11.9 Å². The molecule has 0 radical (unpaired) electrons. The van der Waals surface area contributed by atoms with Gasteiger partial charge in [0.15, 0.2) is 0 Å². The number of carbonyl (C=O) groups excluding carboxylic acids is 2. The van der Waals surface area contributed by atoms with Gasteiger partial charge in [-0.15, -0.1) is 0 Å². The van der Waals surface area contributed by atoms with Gasteiger partial charge in [-0.25, -0.2) is 9.59 Å². The molecule has 7 heteroatoms. The fourth-order valence-electron chi connectivity index (χ4n) is 2.14. The molecule has 1 aliphatic rings. The number of carbonyl (C=O) groups is 2. The summed E-state index contributed by atoms with van der Waals surface area (Å²) in [4.78, 5) is 23.5. The van der Waals surface area contributed by atoms with E-state index in [1.54, 1.807) is 13.0 Å². The van der Waals surface area contributed by atoms with Gasteiger partial charge in [0.2, 0.25) is 0 Å². The molecule has 0 fully saturated rings. The Morgan fingerprint density at radius 1 is 1.35 bits per heavy atom. The van der Waals surface area contributed by atoms with Crippen LogP contribution >= 0.6 is 0 Å². The lowest BCUT2D eigenvalue weighted by Gasteiger charge is -2.22. The van der Waals surface area contributed by atoms with Crippen LogP contribution in [-0.2, 0) is 28.5 Å². The normalized spacial score (nSPS) is 17.8. The molecule has 1 rings (SSSR count). The molecule has 0 aromatic heterocycles. The summed E-state index contributed by atoms with van der Waals surface area (Å²) in [6.45, 7) is 1.84. The first-order valence-corrected chi connectivity index (χ1v) is 6.92. The van der Waals surface area contributed by atoms with Crippen LogP contribution in [0.1, 0.15) is 13.3 Å². The average Bonchev–Trinajstić information content (AvgIpc) is 2.57. The van der Waals surface area contributed by atoms with E-state index >= 15 is 0 Å². The maximum absolute atomic E-state index is 11.9. The van der Waals surface area contributed by atoms with Crippen LogP contribution in [0.4, 0.5) is 0 Å². The van der Waals surface area contributed by atoms with Crippen LogP contribution in [0.3, 0.4) is 0 Å². The van der Waals surface area contributed by atoms with Gasteiger partial charge >= 0.3 is 11.9 Å². The molecule has 1 aliphatic carbocycles. The minimum Gasteiger partial charge on any atom is -0.500 e. The molecule has 1 atom stereocenters. The van der Waals surface area contributed by atoms with Crippen molar-refractivity contribution in [1.82, 2.24) is 0 Å². The second-order valence-electron chi connectivity index (χ2n) is 4.51. The zero-order chi connectivity index (χ0) is 17.4. The van der Waals surface area contributed by atoms with Gasteiger partial charge in [0.1, 0.15) is 28.7 Å². The quantitative estimate of drug-likeness (QED) is 0.417. The van der Waals surface area contributed by atoms with Gasteiger partial charge in [0.05, 0.1) is 27.9 Å². The lowest BCUT2D eigenvalue weighted by atomic mass is 9.91. The van der Waals surface area contributed by atoms with Crippen molar-refractivity contribution in [3.63, 3.8) is 0 Å². The number of rotatable bonds is 6. The lowest BCUT2D eigenvalue weighted by Crippen LogP contribution is -2.19. The topological polar surface area (TPSA) is 94.9 Å². The Kier molecular flexibility index (Phi) is 6.87. The maximum atomic E-state index is 11.9. The van der Waals surface area contributed by atoms with E-state index in [1.165, 1.54) is 27.4 Å². The summed E-state index contributed by atoms with van der Waals surface area (Å²) in [6, 6.07) is 1.81. The molecule has 124 valence electrons. The molecule has 0 saturated carbocycles. The van der Waals surface area contributed by atoms with Crippen molar-refractivity contribution < 1.29 is 28.5 Å². The number of hydrogen-bond acceptors (Lipinski definition) is 7. The monoisotopic (exact) mass is 321 g/mol. The smallest absolute Gasteiger partial charge is 0.348 e. The molecule has 0 bridgehead atoms. The van der Waals surface area contributed by atoms with Gasteiger partial charge in [-0.05, 0) is 13.0 Å². The van der Waals surface area contributed by atoms with Gasteiger partial charge in [0.25, 0.3) is 0 Å². The highest BCUT2D eigenvalue weighted by Gasteiger charge is 2.29. The van der Waals surface area contributed by atoms with Crippen molar-refractivity contribution in [2.24, 2.45) is 5.92 Å². The molecular weight excluding hydrogens is 302 g/mol. The summed E-state index contributed by atoms with van der Waals surface area (Å²) in [5, 5.41) is 9.09. The molecule has 0 saturated heterocycles. The SMILES string of the molecule is CCOC(=O)C(C#N)=CC1C=C(OC)C(C(=O)OC)=C(OC)C1. The summed E-state index contributed by atoms with van der Waals surface area (Å²) in [5.41, 5.74) is 0.0808. The number of ether oxygens (including phenoxy) is 4. The van der Waals surface area contributed by atoms with Crippen LogP contribution in [-0.4, -0.2) is 39.9 Å². The zero-order valence-corrected chi connectivity index (χ0v) is 13.5. The maximum Gasteiger partial charge on any atom is 0.348 e. The van der Waals surface area contributed by atoms with Crippen LogP contribution in [0.25, 0.3) is 0 Å². The molecule has 0 aromatic carbocycles. The van der Waals surface area contributed by atoms with E-state index in [1.807, 2.05) is 6.07 Å². The first-order chi connectivity index (χ1) is 11.0. The van der Waals surface area contributed by atoms with E-state index in [2.05, 4.69) is 0 Å². The number of nitrogens with zero attached hydrogens (tertiary/aromatic N) is 1. The number of methoxy groups -OCH3 is 3. The Labute approximate surface area is 134 Å². The fourth-order valence-corrected chi connectivity index (χ4v) is 2.14. The van der Waals surface area contributed by atoms with E-state index in [9.17, 15) is 9.59 Å².